The second-order valence-corrected chi connectivity index (χ2v) is 3.68. The number of nitrogens with zero attached hydrogens (tertiary/aromatic N) is 1. The first kappa shape index (κ1) is 8.98. The molecule has 1 aromatic carbocycles. The maximum absolute atomic E-state index is 8.81. The molecule has 66 valence electrons. The Hall–Kier alpha value is -0.595. The van der Waals surface area contributed by atoms with Crippen LogP contribution in [0, 0.1) is 3.57 Å². The average molecular weight is 289 g/mol. The minimum atomic E-state index is -1.65. The zero-order chi connectivity index (χ0) is 9.42. The van der Waals surface area contributed by atoms with Gasteiger partial charge in [-0.15, -0.1) is 0 Å². The van der Waals surface area contributed by atoms with Crippen molar-refractivity contribution in [2.75, 3.05) is 0 Å². The normalized spacial score (nSPS) is 10.7. The van der Waals surface area contributed by atoms with Crippen LogP contribution in [-0.2, 0) is 0 Å². The molecule has 0 unspecified atom stereocenters. The van der Waals surface area contributed by atoms with Gasteiger partial charge in [0, 0.05) is 0 Å². The highest BCUT2D eigenvalue weighted by Crippen LogP contribution is 2.17. The van der Waals surface area contributed by atoms with Crippen LogP contribution in [0.4, 0.5) is 0 Å². The molecule has 2 N–H and O–H groups in total. The standard InChI is InChI=1S/C7H5BINO3/c9-4-2-1-3-5-6(4)13-7(10-5)8(11)12/h1-3,11-12H. The van der Waals surface area contributed by atoms with Gasteiger partial charge in [0.2, 0.25) is 5.79 Å². The molecule has 0 saturated carbocycles. The average Bonchev–Trinajstić information content (AvgIpc) is 2.49. The van der Waals surface area contributed by atoms with E-state index in [0.717, 1.165) is 3.57 Å². The second-order valence-electron chi connectivity index (χ2n) is 2.51. The summed E-state index contributed by atoms with van der Waals surface area (Å²) in [6.07, 6.45) is 0. The molecule has 1 aromatic heterocycles. The predicted octanol–water partition coefficient (Wildman–Crippen LogP) is 0.112. The van der Waals surface area contributed by atoms with Crippen LogP contribution in [0.25, 0.3) is 11.1 Å². The van der Waals surface area contributed by atoms with Crippen molar-refractivity contribution in [2.45, 2.75) is 0 Å². The van der Waals surface area contributed by atoms with Gasteiger partial charge in [0.15, 0.2) is 5.58 Å². The molecular weight excluding hydrogens is 284 g/mol. The van der Waals surface area contributed by atoms with Crippen LogP contribution in [0.3, 0.4) is 0 Å². The molecule has 0 bridgehead atoms. The van der Waals surface area contributed by atoms with Crippen LogP contribution in [0.2, 0.25) is 0 Å². The molecular formula is C7H5BINO3. The van der Waals surface area contributed by atoms with E-state index >= 15 is 0 Å². The molecule has 0 radical (unpaired) electrons. The van der Waals surface area contributed by atoms with Gasteiger partial charge in [0.25, 0.3) is 0 Å². The zero-order valence-corrected chi connectivity index (χ0v) is 8.59. The third-order valence-electron chi connectivity index (χ3n) is 1.60. The monoisotopic (exact) mass is 289 g/mol. The summed E-state index contributed by atoms with van der Waals surface area (Å²) >= 11 is 2.10. The molecule has 0 aliphatic carbocycles. The molecule has 0 amide bonds. The lowest BCUT2D eigenvalue weighted by Gasteiger charge is -1.88. The third kappa shape index (κ3) is 1.56. The highest BCUT2D eigenvalue weighted by Gasteiger charge is 2.19. The molecule has 0 spiro atoms. The highest BCUT2D eigenvalue weighted by molar-refractivity contribution is 14.1. The lowest BCUT2D eigenvalue weighted by atomic mass is 9.93. The summed E-state index contributed by atoms with van der Waals surface area (Å²) < 4.78 is 6.04. The Balaban J connectivity index is 2.68. The fourth-order valence-corrected chi connectivity index (χ4v) is 1.64. The van der Waals surface area contributed by atoms with Crippen molar-refractivity contribution in [3.8, 4) is 0 Å². The molecule has 0 aliphatic heterocycles. The van der Waals surface area contributed by atoms with Gasteiger partial charge in [-0.2, -0.15) is 0 Å². The number of rotatable bonds is 1. The number of aromatic nitrogens is 1. The Morgan fingerprint density at radius 2 is 2.15 bits per heavy atom. The van der Waals surface area contributed by atoms with Crippen molar-refractivity contribution < 1.29 is 14.5 Å². The third-order valence-corrected chi connectivity index (χ3v) is 2.45. The topological polar surface area (TPSA) is 66.5 Å². The van der Waals surface area contributed by atoms with E-state index in [4.69, 9.17) is 14.5 Å². The predicted molar refractivity (Wildman–Crippen MR) is 56.6 cm³/mol. The van der Waals surface area contributed by atoms with Crippen LogP contribution < -0.4 is 5.79 Å². The fourth-order valence-electron chi connectivity index (χ4n) is 1.04. The van der Waals surface area contributed by atoms with Gasteiger partial charge in [0.05, 0.1) is 3.57 Å². The number of hydrogen-bond acceptors (Lipinski definition) is 4. The quantitative estimate of drug-likeness (QED) is 0.578. The number of oxazole rings is 1. The molecule has 0 fully saturated rings. The Labute approximate surface area is 87.9 Å². The van der Waals surface area contributed by atoms with Gasteiger partial charge < -0.3 is 14.5 Å². The Morgan fingerprint density at radius 3 is 2.77 bits per heavy atom. The smallest absolute Gasteiger partial charge is 0.442 e. The summed E-state index contributed by atoms with van der Waals surface area (Å²) in [5.41, 5.74) is 1.22. The van der Waals surface area contributed by atoms with Crippen molar-refractivity contribution in [3.63, 3.8) is 0 Å². The van der Waals surface area contributed by atoms with Crippen molar-refractivity contribution in [3.05, 3.63) is 21.8 Å². The number of halogens is 1. The van der Waals surface area contributed by atoms with Crippen LogP contribution in [0.1, 0.15) is 0 Å². The first-order valence-electron chi connectivity index (χ1n) is 3.59. The molecule has 2 rings (SSSR count). The summed E-state index contributed by atoms with van der Waals surface area (Å²) in [6.45, 7) is 0. The van der Waals surface area contributed by atoms with Gasteiger partial charge in [-0.05, 0) is 34.7 Å². The van der Waals surface area contributed by atoms with Crippen LogP contribution in [0.15, 0.2) is 22.6 Å². The molecule has 2 aromatic rings. The molecule has 0 aliphatic rings. The molecule has 4 nitrogen and oxygen atoms in total. The first-order chi connectivity index (χ1) is 6.18. The molecule has 6 heteroatoms. The first-order valence-corrected chi connectivity index (χ1v) is 4.67. The molecule has 1 heterocycles. The Bertz CT molecular complexity index is 442. The molecule has 0 atom stereocenters. The van der Waals surface area contributed by atoms with E-state index < -0.39 is 7.12 Å². The fraction of sp³-hybridized carbons (Fsp3) is 0. The van der Waals surface area contributed by atoms with E-state index in [-0.39, 0.29) is 5.79 Å². The number of fused-ring (bicyclic) bond motifs is 1. The lowest BCUT2D eigenvalue weighted by molar-refractivity contribution is 0.409. The molecule has 13 heavy (non-hydrogen) atoms. The van der Waals surface area contributed by atoms with E-state index in [1.807, 2.05) is 12.1 Å². The minimum Gasteiger partial charge on any atom is -0.442 e. The van der Waals surface area contributed by atoms with Crippen molar-refractivity contribution >= 4 is 46.6 Å². The Morgan fingerprint density at radius 1 is 1.38 bits per heavy atom. The summed E-state index contributed by atoms with van der Waals surface area (Å²) in [5.74, 6) is -0.0703. The maximum atomic E-state index is 8.81. The van der Waals surface area contributed by atoms with E-state index in [1.54, 1.807) is 6.07 Å². The largest absolute Gasteiger partial charge is 0.548 e. The Kier molecular flexibility index (Phi) is 2.26. The second kappa shape index (κ2) is 3.28. The highest BCUT2D eigenvalue weighted by atomic mass is 127. The lowest BCUT2D eigenvalue weighted by Crippen LogP contribution is -2.30. The zero-order valence-electron chi connectivity index (χ0n) is 6.44. The van der Waals surface area contributed by atoms with Gasteiger partial charge in [0.1, 0.15) is 5.52 Å². The summed E-state index contributed by atoms with van der Waals surface area (Å²) in [5, 5.41) is 17.6. The van der Waals surface area contributed by atoms with Crippen molar-refractivity contribution in [2.24, 2.45) is 0 Å². The van der Waals surface area contributed by atoms with Gasteiger partial charge in [-0.25, -0.2) is 4.98 Å². The van der Waals surface area contributed by atoms with E-state index in [9.17, 15) is 0 Å². The summed E-state index contributed by atoms with van der Waals surface area (Å²) in [4.78, 5) is 3.90. The van der Waals surface area contributed by atoms with Crippen LogP contribution in [-0.4, -0.2) is 22.2 Å². The number of hydrogen-bond donors (Lipinski definition) is 2. The minimum absolute atomic E-state index is 0.0703. The number of benzene rings is 1. The van der Waals surface area contributed by atoms with Gasteiger partial charge >= 0.3 is 7.12 Å². The SMILES string of the molecule is OB(O)c1nc2cccc(I)c2o1. The van der Waals surface area contributed by atoms with E-state index in [1.165, 1.54) is 0 Å². The van der Waals surface area contributed by atoms with E-state index in [0.29, 0.717) is 11.1 Å². The number of para-hydroxylation sites is 1. The van der Waals surface area contributed by atoms with Crippen LogP contribution >= 0.6 is 22.6 Å². The van der Waals surface area contributed by atoms with Crippen LogP contribution in [0.5, 0.6) is 0 Å². The summed E-state index contributed by atoms with van der Waals surface area (Å²) in [7, 11) is -1.65. The van der Waals surface area contributed by atoms with Gasteiger partial charge in [-0.1, -0.05) is 6.07 Å². The van der Waals surface area contributed by atoms with Gasteiger partial charge in [-0.3, -0.25) is 0 Å². The van der Waals surface area contributed by atoms with Crippen molar-refractivity contribution in [1.29, 1.82) is 0 Å². The van der Waals surface area contributed by atoms with E-state index in [2.05, 4.69) is 27.6 Å². The maximum Gasteiger partial charge on any atom is 0.548 e. The molecule has 0 saturated heterocycles. The summed E-state index contributed by atoms with van der Waals surface area (Å²) in [6, 6.07) is 5.45. The van der Waals surface area contributed by atoms with Crippen molar-refractivity contribution in [1.82, 2.24) is 4.98 Å².